The van der Waals surface area contributed by atoms with Gasteiger partial charge in [0.15, 0.2) is 0 Å². The van der Waals surface area contributed by atoms with Gasteiger partial charge in [0.1, 0.15) is 0 Å². The Morgan fingerprint density at radius 3 is 1.17 bits per heavy atom. The summed E-state index contributed by atoms with van der Waals surface area (Å²) in [6.45, 7) is 0. The Morgan fingerprint density at radius 1 is 1.17 bits per heavy atom. The third-order valence-electron chi connectivity index (χ3n) is 0. The summed E-state index contributed by atoms with van der Waals surface area (Å²) in [6, 6.07) is 0. The Balaban J connectivity index is -0.0000000450. The van der Waals surface area contributed by atoms with Crippen molar-refractivity contribution in [1.29, 1.82) is 0 Å². The topological polar surface area (TPSA) is 57.5 Å². The van der Waals surface area contributed by atoms with Crippen molar-refractivity contribution in [3.8, 4) is 0 Å². The predicted octanol–water partition coefficient (Wildman–Crippen LogP) is -2.38. The first kappa shape index (κ1) is 15.7. The van der Waals surface area contributed by atoms with Crippen LogP contribution in [0.2, 0.25) is 0 Å². The summed E-state index contributed by atoms with van der Waals surface area (Å²) in [6.07, 6.45) is 0. The van der Waals surface area contributed by atoms with Crippen molar-refractivity contribution in [2.45, 2.75) is 0 Å². The zero-order valence-electron chi connectivity index (χ0n) is 3.71. The van der Waals surface area contributed by atoms with Gasteiger partial charge < -0.3 is 0 Å². The number of hydrogen-bond acceptors (Lipinski definition) is 1. The Morgan fingerprint density at radius 2 is 1.17 bits per heavy atom. The van der Waals surface area contributed by atoms with Crippen molar-refractivity contribution in [1.82, 2.24) is 0 Å². The van der Waals surface area contributed by atoms with Crippen molar-refractivity contribution in [3.05, 3.63) is 0 Å². The van der Waals surface area contributed by atoms with E-state index >= 15 is 0 Å². The second-order valence-corrected chi connectivity index (χ2v) is 1.20. The van der Waals surface area contributed by atoms with Crippen molar-refractivity contribution < 1.29 is 12.2 Å². The standard InChI is InChI=1S/2Li.H2O3Se/c;;1-4(2)3/h;;(H2,1,2,3). The molecule has 6 heteroatoms. The largest absolute Gasteiger partial charge is 0 e. The summed E-state index contributed by atoms with van der Waals surface area (Å²) in [5.74, 6) is 0. The second-order valence-electron chi connectivity index (χ2n) is 0.231. The molecule has 0 saturated carbocycles. The van der Waals surface area contributed by atoms with E-state index < -0.39 is 14.5 Å². The molecule has 0 atom stereocenters. The van der Waals surface area contributed by atoms with Crippen LogP contribution in [0.15, 0.2) is 0 Å². The van der Waals surface area contributed by atoms with E-state index in [-0.39, 0.29) is 37.7 Å². The van der Waals surface area contributed by atoms with Crippen molar-refractivity contribution in [2.75, 3.05) is 0 Å². The van der Waals surface area contributed by atoms with Crippen molar-refractivity contribution >= 4 is 52.2 Å². The van der Waals surface area contributed by atoms with Crippen LogP contribution < -0.4 is 0 Å². The van der Waals surface area contributed by atoms with Crippen LogP contribution >= 0.6 is 0 Å². The van der Waals surface area contributed by atoms with Crippen molar-refractivity contribution in [3.63, 3.8) is 0 Å². The van der Waals surface area contributed by atoms with Gasteiger partial charge in [0.05, 0.1) is 0 Å². The van der Waals surface area contributed by atoms with Crippen LogP contribution in [0, 0.1) is 0 Å². The molecule has 0 heterocycles. The summed E-state index contributed by atoms with van der Waals surface area (Å²) in [7, 11) is 0. The first-order valence-electron chi connectivity index (χ1n) is 0.532. The molecule has 0 rings (SSSR count). The molecule has 28 valence electrons. The summed E-state index contributed by atoms with van der Waals surface area (Å²) in [4.78, 5) is 0. The van der Waals surface area contributed by atoms with Gasteiger partial charge in [-0.2, -0.15) is 0 Å². The van der Waals surface area contributed by atoms with E-state index in [1.165, 1.54) is 0 Å². The summed E-state index contributed by atoms with van der Waals surface area (Å²) in [5.41, 5.74) is 0. The molecule has 0 aliphatic rings. The maximum atomic E-state index is 8.76. The molecule has 0 aliphatic carbocycles. The SMILES string of the molecule is O=[Se](O)O.[Li].[Li]. The normalized spacial score (nSPS) is 5.83. The molecule has 0 aromatic heterocycles. The molecule has 0 saturated heterocycles. The molecule has 0 aromatic rings. The van der Waals surface area contributed by atoms with E-state index in [9.17, 15) is 0 Å². The molecule has 6 heavy (non-hydrogen) atoms. The Labute approximate surface area is 64.2 Å². The van der Waals surface area contributed by atoms with Gasteiger partial charge in [-0.15, -0.1) is 0 Å². The van der Waals surface area contributed by atoms with Crippen LogP contribution in [0.5, 0.6) is 0 Å². The van der Waals surface area contributed by atoms with Gasteiger partial charge in [-0.1, -0.05) is 0 Å². The van der Waals surface area contributed by atoms with E-state index in [2.05, 4.69) is 0 Å². The molecular formula is H2Li2O3Se. The average Bonchev–Trinajstić information content (AvgIpc) is 0.811. The first-order chi connectivity index (χ1) is 1.73. The molecule has 0 fully saturated rings. The van der Waals surface area contributed by atoms with E-state index in [0.717, 1.165) is 0 Å². The fourth-order valence-electron chi connectivity index (χ4n) is 0. The minimum absolute atomic E-state index is 0. The zero-order valence-corrected chi connectivity index (χ0v) is 5.42. The molecule has 0 unspecified atom stereocenters. The molecule has 0 amide bonds. The third-order valence-corrected chi connectivity index (χ3v) is 0. The fraction of sp³-hybridized carbons (Fsp3) is 0. The molecule has 0 spiro atoms. The third kappa shape index (κ3) is 51.9. The van der Waals surface area contributed by atoms with E-state index in [1.807, 2.05) is 0 Å². The quantitative estimate of drug-likeness (QED) is 0.372. The molecule has 3 nitrogen and oxygen atoms in total. The van der Waals surface area contributed by atoms with Gasteiger partial charge in [-0.25, -0.2) is 0 Å². The fourth-order valence-corrected chi connectivity index (χ4v) is 0. The smallest absolute Gasteiger partial charge is 0 e. The molecule has 0 bridgehead atoms. The van der Waals surface area contributed by atoms with E-state index in [0.29, 0.717) is 0 Å². The van der Waals surface area contributed by atoms with E-state index in [4.69, 9.17) is 12.2 Å². The monoisotopic (exact) mass is 144 g/mol. The van der Waals surface area contributed by atoms with Gasteiger partial charge in [-0.3, -0.25) is 0 Å². The van der Waals surface area contributed by atoms with Crippen LogP contribution in [0.3, 0.4) is 0 Å². The van der Waals surface area contributed by atoms with Crippen LogP contribution in [0.4, 0.5) is 0 Å². The average molecular weight is 143 g/mol. The molecular weight excluding hydrogens is 141 g/mol. The summed E-state index contributed by atoms with van der Waals surface area (Å²) < 4.78 is 23.1. The maximum Gasteiger partial charge on any atom is 0 e. The minimum Gasteiger partial charge on any atom is 0 e. The van der Waals surface area contributed by atoms with E-state index in [1.54, 1.807) is 0 Å². The Kier molecular flexibility index (Phi) is 25.2. The minimum atomic E-state index is -3.29. The number of hydrogen-bond donors (Lipinski definition) is 2. The van der Waals surface area contributed by atoms with Crippen LogP contribution in [0.1, 0.15) is 0 Å². The molecule has 0 aromatic carbocycles. The molecule has 2 radical (unpaired) electrons. The summed E-state index contributed by atoms with van der Waals surface area (Å²) in [5, 5.41) is 0. The van der Waals surface area contributed by atoms with Crippen LogP contribution in [0.25, 0.3) is 0 Å². The Bertz CT molecular complexity index is 31.8. The van der Waals surface area contributed by atoms with Gasteiger partial charge in [0.25, 0.3) is 0 Å². The zero-order chi connectivity index (χ0) is 3.58. The van der Waals surface area contributed by atoms with Crippen LogP contribution in [-0.4, -0.2) is 60.6 Å². The van der Waals surface area contributed by atoms with Crippen LogP contribution in [-0.2, 0) is 3.83 Å². The van der Waals surface area contributed by atoms with Gasteiger partial charge in [-0.05, 0) is 0 Å². The van der Waals surface area contributed by atoms with Crippen molar-refractivity contribution in [2.24, 2.45) is 0 Å². The molecule has 0 aliphatic heterocycles. The number of rotatable bonds is 0. The summed E-state index contributed by atoms with van der Waals surface area (Å²) >= 11 is -3.29. The second kappa shape index (κ2) is 9.66. The Hall–Kier alpha value is 1.43. The van der Waals surface area contributed by atoms with Gasteiger partial charge in [0.2, 0.25) is 0 Å². The maximum absolute atomic E-state index is 8.76. The first-order valence-corrected chi connectivity index (χ1v) is 2.76. The van der Waals surface area contributed by atoms with Gasteiger partial charge >= 0.3 is 26.7 Å². The molecule has 2 N–H and O–H groups in total. The van der Waals surface area contributed by atoms with Gasteiger partial charge in [0, 0.05) is 37.7 Å². The predicted molar refractivity (Wildman–Crippen MR) is 22.4 cm³/mol.